The molecule has 2 N–H and O–H groups in total. The number of para-hydroxylation sites is 2. The third-order valence-electron chi connectivity index (χ3n) is 6.97. The van der Waals surface area contributed by atoms with E-state index < -0.39 is 0 Å². The SMILES string of the molecule is CN=C(NCCCn1c(C)nc2ccccc21)NCC1(N2CCOCC2)CCCCC1. The summed E-state index contributed by atoms with van der Waals surface area (Å²) in [5.41, 5.74) is 2.53. The maximum absolute atomic E-state index is 5.61. The molecule has 1 aromatic heterocycles. The van der Waals surface area contributed by atoms with Crippen molar-refractivity contribution in [2.45, 2.75) is 57.5 Å². The molecule has 1 aromatic carbocycles. The van der Waals surface area contributed by atoms with Crippen LogP contribution < -0.4 is 10.6 Å². The molecule has 170 valence electrons. The molecule has 1 saturated heterocycles. The van der Waals surface area contributed by atoms with E-state index in [4.69, 9.17) is 4.74 Å². The number of aromatic nitrogens is 2. The van der Waals surface area contributed by atoms with Gasteiger partial charge in [0.15, 0.2) is 5.96 Å². The number of ether oxygens (including phenoxy) is 1. The number of rotatable bonds is 7. The van der Waals surface area contributed by atoms with Crippen molar-refractivity contribution in [1.82, 2.24) is 25.1 Å². The topological polar surface area (TPSA) is 66.7 Å². The fourth-order valence-electron chi connectivity index (χ4n) is 5.24. The van der Waals surface area contributed by atoms with Gasteiger partial charge in [-0.3, -0.25) is 9.89 Å². The van der Waals surface area contributed by atoms with Gasteiger partial charge < -0.3 is 19.9 Å². The molecule has 1 saturated carbocycles. The summed E-state index contributed by atoms with van der Waals surface area (Å²) in [6.45, 7) is 8.69. The number of nitrogens with zero attached hydrogens (tertiary/aromatic N) is 4. The van der Waals surface area contributed by atoms with E-state index in [0.717, 1.165) is 69.7 Å². The van der Waals surface area contributed by atoms with Gasteiger partial charge in [0.2, 0.25) is 0 Å². The molecule has 0 bridgehead atoms. The Morgan fingerprint density at radius 2 is 1.90 bits per heavy atom. The number of hydrogen-bond acceptors (Lipinski definition) is 4. The van der Waals surface area contributed by atoms with Crippen LogP contribution in [0.25, 0.3) is 11.0 Å². The summed E-state index contributed by atoms with van der Waals surface area (Å²) < 4.78 is 7.92. The Morgan fingerprint density at radius 3 is 2.68 bits per heavy atom. The van der Waals surface area contributed by atoms with Gasteiger partial charge >= 0.3 is 0 Å². The van der Waals surface area contributed by atoms with Crippen LogP contribution in [0, 0.1) is 6.92 Å². The molecule has 0 amide bonds. The average Bonchev–Trinajstić information content (AvgIpc) is 3.14. The number of nitrogens with one attached hydrogen (secondary N) is 2. The monoisotopic (exact) mass is 426 g/mol. The minimum absolute atomic E-state index is 0.243. The number of benzene rings is 1. The van der Waals surface area contributed by atoms with E-state index in [9.17, 15) is 0 Å². The van der Waals surface area contributed by atoms with Gasteiger partial charge in [0.25, 0.3) is 0 Å². The quantitative estimate of drug-likeness (QED) is 0.405. The molecule has 1 aliphatic heterocycles. The summed E-state index contributed by atoms with van der Waals surface area (Å²) in [5.74, 6) is 1.99. The molecule has 31 heavy (non-hydrogen) atoms. The summed E-state index contributed by atoms with van der Waals surface area (Å²) in [5, 5.41) is 7.17. The zero-order valence-electron chi connectivity index (χ0n) is 19.2. The van der Waals surface area contributed by atoms with E-state index in [1.165, 1.54) is 37.6 Å². The van der Waals surface area contributed by atoms with Crippen LogP contribution in [0.2, 0.25) is 0 Å². The first-order valence-electron chi connectivity index (χ1n) is 11.9. The fraction of sp³-hybridized carbons (Fsp3) is 0.667. The first kappa shape index (κ1) is 22.1. The van der Waals surface area contributed by atoms with E-state index in [2.05, 4.69) is 55.2 Å². The number of hydrogen-bond donors (Lipinski definition) is 2. The standard InChI is InChI=1S/C24H38N6O/c1-20-28-21-9-4-5-10-22(21)30(20)14-8-13-26-23(25-2)27-19-24(11-6-3-7-12-24)29-15-17-31-18-16-29/h4-5,9-10H,3,6-8,11-19H2,1-2H3,(H2,25,26,27). The fourth-order valence-corrected chi connectivity index (χ4v) is 5.24. The highest BCUT2D eigenvalue weighted by molar-refractivity contribution is 5.79. The Balaban J connectivity index is 1.28. The van der Waals surface area contributed by atoms with Gasteiger partial charge in [-0.05, 0) is 38.3 Å². The number of morpholine rings is 1. The Morgan fingerprint density at radius 1 is 1.13 bits per heavy atom. The molecule has 0 atom stereocenters. The first-order valence-corrected chi connectivity index (χ1v) is 11.9. The molecular weight excluding hydrogens is 388 g/mol. The van der Waals surface area contributed by atoms with E-state index in [0.29, 0.717) is 0 Å². The Bertz CT molecular complexity index is 864. The average molecular weight is 427 g/mol. The van der Waals surface area contributed by atoms with Crippen LogP contribution in [0.3, 0.4) is 0 Å². The third kappa shape index (κ3) is 5.21. The van der Waals surface area contributed by atoms with Crippen molar-refractivity contribution in [3.63, 3.8) is 0 Å². The van der Waals surface area contributed by atoms with Gasteiger partial charge in [-0.25, -0.2) is 4.98 Å². The van der Waals surface area contributed by atoms with E-state index in [1.807, 2.05) is 13.1 Å². The van der Waals surface area contributed by atoms with Crippen LogP contribution in [-0.4, -0.2) is 72.4 Å². The van der Waals surface area contributed by atoms with Crippen molar-refractivity contribution in [3.8, 4) is 0 Å². The van der Waals surface area contributed by atoms with Crippen molar-refractivity contribution < 1.29 is 4.74 Å². The van der Waals surface area contributed by atoms with Gasteiger partial charge in [0, 0.05) is 45.3 Å². The lowest BCUT2D eigenvalue weighted by molar-refractivity contribution is -0.0352. The normalized spacial score (nSPS) is 20.1. The third-order valence-corrected chi connectivity index (χ3v) is 6.97. The lowest BCUT2D eigenvalue weighted by Crippen LogP contribution is -2.60. The second kappa shape index (κ2) is 10.5. The Hall–Kier alpha value is -2.12. The van der Waals surface area contributed by atoms with Crippen LogP contribution in [0.1, 0.15) is 44.3 Å². The predicted molar refractivity (Wildman–Crippen MR) is 127 cm³/mol. The summed E-state index contributed by atoms with van der Waals surface area (Å²) in [4.78, 5) is 11.8. The molecule has 7 heteroatoms. The number of aliphatic imine (C=N–C) groups is 1. The zero-order chi connectivity index (χ0) is 21.5. The first-order chi connectivity index (χ1) is 15.2. The lowest BCUT2D eigenvalue weighted by Gasteiger charge is -2.48. The van der Waals surface area contributed by atoms with E-state index in [1.54, 1.807) is 0 Å². The highest BCUT2D eigenvalue weighted by Gasteiger charge is 2.38. The molecule has 2 heterocycles. The molecule has 7 nitrogen and oxygen atoms in total. The van der Waals surface area contributed by atoms with Gasteiger partial charge in [-0.2, -0.15) is 0 Å². The van der Waals surface area contributed by atoms with E-state index >= 15 is 0 Å². The second-order valence-corrected chi connectivity index (χ2v) is 8.89. The van der Waals surface area contributed by atoms with Crippen molar-refractivity contribution in [2.75, 3.05) is 46.4 Å². The second-order valence-electron chi connectivity index (χ2n) is 8.89. The molecule has 0 unspecified atom stereocenters. The van der Waals surface area contributed by atoms with Crippen molar-refractivity contribution in [2.24, 2.45) is 4.99 Å². The van der Waals surface area contributed by atoms with Gasteiger partial charge in [0.05, 0.1) is 24.2 Å². The molecule has 0 spiro atoms. The van der Waals surface area contributed by atoms with Crippen molar-refractivity contribution in [3.05, 3.63) is 30.1 Å². The summed E-state index contributed by atoms with van der Waals surface area (Å²) in [7, 11) is 1.87. The minimum Gasteiger partial charge on any atom is -0.379 e. The zero-order valence-corrected chi connectivity index (χ0v) is 19.2. The highest BCUT2D eigenvalue weighted by atomic mass is 16.5. The summed E-state index contributed by atoms with van der Waals surface area (Å²) >= 11 is 0. The van der Waals surface area contributed by atoms with Crippen molar-refractivity contribution >= 4 is 17.0 Å². The van der Waals surface area contributed by atoms with Crippen LogP contribution >= 0.6 is 0 Å². The molecule has 4 rings (SSSR count). The summed E-state index contributed by atoms with van der Waals surface area (Å²) in [6.07, 6.45) is 7.57. The van der Waals surface area contributed by atoms with Crippen LogP contribution in [-0.2, 0) is 11.3 Å². The number of guanidine groups is 1. The molecule has 2 fully saturated rings. The lowest BCUT2D eigenvalue weighted by atomic mass is 9.80. The molecular formula is C24H38N6O. The van der Waals surface area contributed by atoms with E-state index in [-0.39, 0.29) is 5.54 Å². The molecule has 2 aliphatic rings. The van der Waals surface area contributed by atoms with Gasteiger partial charge in [0.1, 0.15) is 5.82 Å². The maximum atomic E-state index is 5.61. The minimum atomic E-state index is 0.243. The van der Waals surface area contributed by atoms with Crippen LogP contribution in [0.4, 0.5) is 0 Å². The highest BCUT2D eigenvalue weighted by Crippen LogP contribution is 2.33. The van der Waals surface area contributed by atoms with Gasteiger partial charge in [-0.1, -0.05) is 31.4 Å². The Kier molecular flexibility index (Phi) is 7.45. The molecule has 1 aliphatic carbocycles. The Labute approximate surface area is 186 Å². The van der Waals surface area contributed by atoms with Crippen LogP contribution in [0.5, 0.6) is 0 Å². The summed E-state index contributed by atoms with van der Waals surface area (Å²) in [6, 6.07) is 8.36. The van der Waals surface area contributed by atoms with Crippen molar-refractivity contribution in [1.29, 1.82) is 0 Å². The van der Waals surface area contributed by atoms with Crippen LogP contribution in [0.15, 0.2) is 29.3 Å². The number of fused-ring (bicyclic) bond motifs is 1. The largest absolute Gasteiger partial charge is 0.379 e. The number of aryl methyl sites for hydroxylation is 2. The molecule has 0 radical (unpaired) electrons. The van der Waals surface area contributed by atoms with Gasteiger partial charge in [-0.15, -0.1) is 0 Å². The number of imidazole rings is 1. The maximum Gasteiger partial charge on any atom is 0.191 e. The predicted octanol–water partition coefficient (Wildman–Crippen LogP) is 2.93. The molecule has 2 aromatic rings. The smallest absolute Gasteiger partial charge is 0.191 e.